The van der Waals surface area contributed by atoms with Crippen LogP contribution in [0.5, 0.6) is 0 Å². The highest BCUT2D eigenvalue weighted by molar-refractivity contribution is 6.32. The van der Waals surface area contributed by atoms with Crippen molar-refractivity contribution in [3.05, 3.63) is 41.2 Å². The van der Waals surface area contributed by atoms with Gasteiger partial charge < -0.3 is 15.0 Å². The van der Waals surface area contributed by atoms with Crippen LogP contribution in [0.1, 0.15) is 31.9 Å². The Morgan fingerprint density at radius 2 is 2.14 bits per heavy atom. The highest BCUT2D eigenvalue weighted by Crippen LogP contribution is 2.30. The molecule has 1 unspecified atom stereocenters. The van der Waals surface area contributed by atoms with Crippen LogP contribution in [0.3, 0.4) is 0 Å². The number of nitrogens with one attached hydrogen (secondary N) is 1. The summed E-state index contributed by atoms with van der Waals surface area (Å²) >= 11 is 6.33. The zero-order chi connectivity index (χ0) is 20.3. The molecule has 1 aliphatic heterocycles. The molecule has 0 radical (unpaired) electrons. The number of hydrogen-bond donors (Lipinski definition) is 1. The lowest BCUT2D eigenvalue weighted by molar-refractivity contribution is -0.128. The van der Waals surface area contributed by atoms with Gasteiger partial charge in [0.15, 0.2) is 0 Å². The normalized spacial score (nSPS) is 16.8. The number of likely N-dealkylation sites (tertiary alicyclic amines) is 1. The molecule has 7 nitrogen and oxygen atoms in total. The molecule has 2 amide bonds. The average Bonchev–Trinajstić information content (AvgIpc) is 3.24. The van der Waals surface area contributed by atoms with E-state index >= 15 is 0 Å². The van der Waals surface area contributed by atoms with E-state index in [-0.39, 0.29) is 30.1 Å². The Balaban J connectivity index is 1.79. The fraction of sp³-hybridized carbons (Fsp3) is 0.450. The number of carbonyl (C=O) groups is 2. The Labute approximate surface area is 169 Å². The Hall–Kier alpha value is -2.38. The average molecular weight is 405 g/mol. The number of ether oxygens (including phenoxy) is 1. The number of anilines is 1. The lowest BCUT2D eigenvalue weighted by atomic mass is 10.1. The van der Waals surface area contributed by atoms with Crippen LogP contribution in [-0.4, -0.2) is 53.3 Å². The van der Waals surface area contributed by atoms with Gasteiger partial charge in [0.25, 0.3) is 0 Å². The lowest BCUT2D eigenvalue weighted by Crippen LogP contribution is -2.31. The number of hydrogen-bond acceptors (Lipinski definition) is 4. The number of benzene rings is 1. The van der Waals surface area contributed by atoms with Crippen LogP contribution in [0.4, 0.5) is 5.69 Å². The standard InChI is InChI=1S/C20H25ClN4O3/c1-13(2)19-16(11-22-25(19)17-7-5-4-6-15(17)21)23-20(27)14-10-18(26)24(12-14)8-9-28-3/h4-7,11,13-14H,8-10,12H2,1-3H3,(H,23,27). The van der Waals surface area contributed by atoms with Crippen molar-refractivity contribution in [2.24, 2.45) is 5.92 Å². The number of amides is 2. The molecule has 0 saturated carbocycles. The van der Waals surface area contributed by atoms with E-state index in [1.165, 1.54) is 0 Å². The molecule has 1 atom stereocenters. The number of carbonyl (C=O) groups excluding carboxylic acids is 2. The Bertz CT molecular complexity index is 865. The monoisotopic (exact) mass is 404 g/mol. The quantitative estimate of drug-likeness (QED) is 0.769. The van der Waals surface area contributed by atoms with E-state index in [9.17, 15) is 9.59 Å². The van der Waals surface area contributed by atoms with Crippen molar-refractivity contribution in [1.82, 2.24) is 14.7 Å². The number of methoxy groups -OCH3 is 1. The summed E-state index contributed by atoms with van der Waals surface area (Å²) in [5, 5.41) is 7.99. The minimum Gasteiger partial charge on any atom is -0.383 e. The third kappa shape index (κ3) is 4.20. The summed E-state index contributed by atoms with van der Waals surface area (Å²) in [7, 11) is 1.59. The van der Waals surface area contributed by atoms with Crippen molar-refractivity contribution in [3.8, 4) is 5.69 Å². The molecule has 0 aliphatic carbocycles. The second-order valence-electron chi connectivity index (χ2n) is 7.18. The maximum Gasteiger partial charge on any atom is 0.229 e. The van der Waals surface area contributed by atoms with Crippen molar-refractivity contribution >= 4 is 29.1 Å². The van der Waals surface area contributed by atoms with Gasteiger partial charge >= 0.3 is 0 Å². The Kier molecular flexibility index (Phi) is 6.36. The first-order valence-electron chi connectivity index (χ1n) is 9.32. The molecule has 2 heterocycles. The molecule has 0 spiro atoms. The summed E-state index contributed by atoms with van der Waals surface area (Å²) in [4.78, 5) is 26.6. The van der Waals surface area contributed by atoms with Gasteiger partial charge in [0.05, 0.1) is 40.8 Å². The van der Waals surface area contributed by atoms with Crippen molar-refractivity contribution in [1.29, 1.82) is 0 Å². The predicted octanol–water partition coefficient (Wildman–Crippen LogP) is 3.08. The van der Waals surface area contributed by atoms with Gasteiger partial charge in [-0.05, 0) is 18.1 Å². The van der Waals surface area contributed by atoms with Crippen molar-refractivity contribution in [2.45, 2.75) is 26.2 Å². The largest absolute Gasteiger partial charge is 0.383 e. The first-order valence-corrected chi connectivity index (χ1v) is 9.70. The first-order chi connectivity index (χ1) is 13.4. The van der Waals surface area contributed by atoms with E-state index in [0.29, 0.717) is 30.4 Å². The van der Waals surface area contributed by atoms with Crippen molar-refractivity contribution < 1.29 is 14.3 Å². The zero-order valence-corrected chi connectivity index (χ0v) is 17.1. The zero-order valence-electron chi connectivity index (χ0n) is 16.3. The maximum absolute atomic E-state index is 12.8. The number of nitrogens with zero attached hydrogens (tertiary/aromatic N) is 3. The van der Waals surface area contributed by atoms with Crippen LogP contribution < -0.4 is 5.32 Å². The van der Waals surface area contributed by atoms with E-state index in [2.05, 4.69) is 10.4 Å². The Morgan fingerprint density at radius 1 is 1.39 bits per heavy atom. The summed E-state index contributed by atoms with van der Waals surface area (Å²) < 4.78 is 6.78. The van der Waals surface area contributed by atoms with Crippen molar-refractivity contribution in [2.75, 3.05) is 32.1 Å². The molecule has 3 rings (SSSR count). The second kappa shape index (κ2) is 8.75. The van der Waals surface area contributed by atoms with Gasteiger partial charge in [-0.1, -0.05) is 37.6 Å². The smallest absolute Gasteiger partial charge is 0.229 e. The number of rotatable bonds is 7. The third-order valence-corrected chi connectivity index (χ3v) is 5.16. The minimum absolute atomic E-state index is 0.0203. The van der Waals surface area contributed by atoms with Crippen LogP contribution in [0.15, 0.2) is 30.5 Å². The van der Waals surface area contributed by atoms with Crippen LogP contribution in [-0.2, 0) is 14.3 Å². The molecule has 1 aliphatic rings. The predicted molar refractivity (Wildman–Crippen MR) is 108 cm³/mol. The number of halogens is 1. The topological polar surface area (TPSA) is 76.5 Å². The van der Waals surface area contributed by atoms with Gasteiger partial charge in [0.1, 0.15) is 0 Å². The van der Waals surface area contributed by atoms with Crippen LogP contribution >= 0.6 is 11.6 Å². The molecule has 1 aromatic carbocycles. The molecular weight excluding hydrogens is 380 g/mol. The molecule has 0 bridgehead atoms. The van der Waals surface area contributed by atoms with E-state index in [0.717, 1.165) is 11.4 Å². The minimum atomic E-state index is -0.381. The molecule has 28 heavy (non-hydrogen) atoms. The number of aromatic nitrogens is 2. The summed E-state index contributed by atoms with van der Waals surface area (Å²) in [6.07, 6.45) is 1.85. The van der Waals surface area contributed by atoms with E-state index in [1.54, 1.807) is 29.0 Å². The molecular formula is C20H25ClN4O3. The van der Waals surface area contributed by atoms with Gasteiger partial charge in [-0.15, -0.1) is 0 Å². The van der Waals surface area contributed by atoms with Gasteiger partial charge in [-0.2, -0.15) is 5.10 Å². The SMILES string of the molecule is COCCN1CC(C(=O)Nc2cnn(-c3ccccc3Cl)c2C(C)C)CC1=O. The molecule has 1 saturated heterocycles. The Morgan fingerprint density at radius 3 is 2.82 bits per heavy atom. The van der Waals surface area contributed by atoms with Crippen molar-refractivity contribution in [3.63, 3.8) is 0 Å². The summed E-state index contributed by atoms with van der Waals surface area (Å²) in [6.45, 7) is 5.43. The highest BCUT2D eigenvalue weighted by atomic mass is 35.5. The van der Waals surface area contributed by atoms with Gasteiger partial charge in [0.2, 0.25) is 11.8 Å². The fourth-order valence-electron chi connectivity index (χ4n) is 3.43. The molecule has 1 fully saturated rings. The highest BCUT2D eigenvalue weighted by Gasteiger charge is 2.34. The van der Waals surface area contributed by atoms with E-state index < -0.39 is 0 Å². The van der Waals surface area contributed by atoms with Gasteiger partial charge in [0, 0.05) is 26.6 Å². The molecule has 2 aromatic rings. The van der Waals surface area contributed by atoms with Gasteiger partial charge in [-0.25, -0.2) is 4.68 Å². The molecule has 8 heteroatoms. The summed E-state index contributed by atoms with van der Waals surface area (Å²) in [5.41, 5.74) is 2.26. The van der Waals surface area contributed by atoms with Crippen LogP contribution in [0.2, 0.25) is 5.02 Å². The third-order valence-electron chi connectivity index (χ3n) is 4.84. The fourth-order valence-corrected chi connectivity index (χ4v) is 3.64. The molecule has 150 valence electrons. The second-order valence-corrected chi connectivity index (χ2v) is 7.59. The summed E-state index contributed by atoms with van der Waals surface area (Å²) in [6, 6.07) is 7.44. The first kappa shape index (κ1) is 20.4. The van der Waals surface area contributed by atoms with E-state index in [4.69, 9.17) is 16.3 Å². The lowest BCUT2D eigenvalue weighted by Gasteiger charge is -2.17. The summed E-state index contributed by atoms with van der Waals surface area (Å²) in [5.74, 6) is -0.465. The molecule has 1 N–H and O–H groups in total. The molecule has 1 aromatic heterocycles. The maximum atomic E-state index is 12.8. The van der Waals surface area contributed by atoms with E-state index in [1.807, 2.05) is 32.0 Å². The van der Waals surface area contributed by atoms with Crippen LogP contribution in [0.25, 0.3) is 5.69 Å². The number of para-hydroxylation sites is 1. The van der Waals surface area contributed by atoms with Crippen LogP contribution in [0, 0.1) is 5.92 Å². The van der Waals surface area contributed by atoms with Gasteiger partial charge in [-0.3, -0.25) is 9.59 Å².